The number of anilines is 1. The van der Waals surface area contributed by atoms with Gasteiger partial charge in [0, 0.05) is 25.2 Å². The summed E-state index contributed by atoms with van der Waals surface area (Å²) >= 11 is 0. The number of nitrogens with one attached hydrogen (secondary N) is 1. The van der Waals surface area contributed by atoms with Crippen LogP contribution < -0.4 is 10.2 Å². The molecule has 0 bridgehead atoms. The molecule has 1 saturated carbocycles. The van der Waals surface area contributed by atoms with E-state index in [1.807, 2.05) is 0 Å². The minimum Gasteiger partial charge on any atom is -0.432 e. The Bertz CT molecular complexity index is 459. The highest BCUT2D eigenvalue weighted by atomic mass is 16.4. The Hall–Kier alpha value is -1.03. The average Bonchev–Trinajstić information content (AvgIpc) is 3.07. The zero-order valence-electron chi connectivity index (χ0n) is 13.7. The van der Waals surface area contributed by atoms with Gasteiger partial charge in [-0.1, -0.05) is 12.8 Å². The Kier molecular flexibility index (Phi) is 4.00. The Balaban J connectivity index is 1.55. The molecule has 0 unspecified atom stereocenters. The third kappa shape index (κ3) is 3.60. The first-order chi connectivity index (χ1) is 9.96. The summed E-state index contributed by atoms with van der Waals surface area (Å²) < 4.78 is 5.70. The Morgan fingerprint density at radius 2 is 1.86 bits per heavy atom. The van der Waals surface area contributed by atoms with Crippen molar-refractivity contribution in [2.75, 3.05) is 18.0 Å². The number of piperidine rings is 1. The second-order valence-electron chi connectivity index (χ2n) is 7.92. The van der Waals surface area contributed by atoms with Gasteiger partial charge in [-0.05, 0) is 51.9 Å². The maximum Gasteiger partial charge on any atom is 0.297 e. The van der Waals surface area contributed by atoms with Crippen LogP contribution in [0, 0.1) is 5.41 Å². The van der Waals surface area contributed by atoms with E-state index in [1.54, 1.807) is 6.26 Å². The summed E-state index contributed by atoms with van der Waals surface area (Å²) in [5.41, 5.74) is 1.76. The van der Waals surface area contributed by atoms with Gasteiger partial charge in [0.25, 0.3) is 6.01 Å². The molecule has 2 heterocycles. The van der Waals surface area contributed by atoms with Crippen LogP contribution in [0.25, 0.3) is 0 Å². The van der Waals surface area contributed by atoms with E-state index in [-0.39, 0.29) is 5.54 Å². The van der Waals surface area contributed by atoms with Gasteiger partial charge >= 0.3 is 0 Å². The molecular formula is C17H29N3O. The van der Waals surface area contributed by atoms with Crippen LogP contribution in [-0.4, -0.2) is 23.6 Å². The van der Waals surface area contributed by atoms with Crippen molar-refractivity contribution in [1.82, 2.24) is 10.3 Å². The van der Waals surface area contributed by atoms with Crippen molar-refractivity contribution < 1.29 is 4.42 Å². The minimum atomic E-state index is 0.110. The molecule has 0 amide bonds. The van der Waals surface area contributed by atoms with E-state index in [4.69, 9.17) is 4.42 Å². The summed E-state index contributed by atoms with van der Waals surface area (Å²) in [5.74, 6) is 0. The van der Waals surface area contributed by atoms with Crippen molar-refractivity contribution in [3.8, 4) is 0 Å². The Morgan fingerprint density at radius 1 is 1.19 bits per heavy atom. The lowest BCUT2D eigenvalue weighted by Crippen LogP contribution is -2.39. The van der Waals surface area contributed by atoms with E-state index in [0.717, 1.165) is 31.3 Å². The fourth-order valence-electron chi connectivity index (χ4n) is 3.68. The quantitative estimate of drug-likeness (QED) is 0.921. The van der Waals surface area contributed by atoms with Gasteiger partial charge in [-0.2, -0.15) is 4.98 Å². The molecule has 1 spiro atoms. The molecular weight excluding hydrogens is 262 g/mol. The van der Waals surface area contributed by atoms with Gasteiger partial charge in [0.05, 0.1) is 5.69 Å². The van der Waals surface area contributed by atoms with Crippen LogP contribution in [-0.2, 0) is 6.54 Å². The summed E-state index contributed by atoms with van der Waals surface area (Å²) in [4.78, 5) is 6.97. The normalized spacial score (nSPS) is 22.1. The SMILES string of the molecule is CC(C)(C)NCc1coc(N2CCC3(CCCC3)CC2)n1. The average molecular weight is 291 g/mol. The zero-order valence-corrected chi connectivity index (χ0v) is 13.7. The predicted octanol–water partition coefficient (Wildman–Crippen LogP) is 3.72. The van der Waals surface area contributed by atoms with Crippen molar-refractivity contribution >= 4 is 6.01 Å². The van der Waals surface area contributed by atoms with Crippen LogP contribution in [0.3, 0.4) is 0 Å². The van der Waals surface area contributed by atoms with Crippen LogP contribution in [0.4, 0.5) is 6.01 Å². The summed E-state index contributed by atoms with van der Waals surface area (Å²) in [6.07, 6.45) is 10.2. The van der Waals surface area contributed by atoms with Crippen LogP contribution in [0.1, 0.15) is 65.0 Å². The Morgan fingerprint density at radius 3 is 2.48 bits per heavy atom. The maximum absolute atomic E-state index is 5.70. The summed E-state index contributed by atoms with van der Waals surface area (Å²) in [5, 5.41) is 3.45. The van der Waals surface area contributed by atoms with Crippen molar-refractivity contribution in [2.24, 2.45) is 5.41 Å². The van der Waals surface area contributed by atoms with Crippen LogP contribution in [0.5, 0.6) is 0 Å². The molecule has 21 heavy (non-hydrogen) atoms. The van der Waals surface area contributed by atoms with Gasteiger partial charge in [-0.3, -0.25) is 0 Å². The smallest absolute Gasteiger partial charge is 0.297 e. The van der Waals surface area contributed by atoms with Gasteiger partial charge in [0.2, 0.25) is 0 Å². The van der Waals surface area contributed by atoms with Gasteiger partial charge in [0.1, 0.15) is 6.26 Å². The number of oxazole rings is 1. The highest BCUT2D eigenvalue weighted by molar-refractivity contribution is 5.28. The molecule has 4 heteroatoms. The van der Waals surface area contributed by atoms with Crippen molar-refractivity contribution in [1.29, 1.82) is 0 Å². The van der Waals surface area contributed by atoms with Crippen LogP contribution in [0.15, 0.2) is 10.7 Å². The first kappa shape index (κ1) is 14.9. The molecule has 3 rings (SSSR count). The molecule has 1 aromatic heterocycles. The van der Waals surface area contributed by atoms with Crippen molar-refractivity contribution in [3.63, 3.8) is 0 Å². The molecule has 0 radical (unpaired) electrons. The molecule has 2 aliphatic rings. The lowest BCUT2D eigenvalue weighted by Gasteiger charge is -2.38. The van der Waals surface area contributed by atoms with E-state index < -0.39 is 0 Å². The van der Waals surface area contributed by atoms with E-state index in [1.165, 1.54) is 38.5 Å². The lowest BCUT2D eigenvalue weighted by molar-refractivity contribution is 0.222. The number of rotatable bonds is 3. The standard InChI is InChI=1S/C17H29N3O/c1-16(2,3)18-12-14-13-21-15(19-14)20-10-8-17(9-11-20)6-4-5-7-17/h13,18H,4-12H2,1-3H3. The highest BCUT2D eigenvalue weighted by Crippen LogP contribution is 2.46. The zero-order chi connectivity index (χ0) is 14.9. The molecule has 1 aromatic rings. The van der Waals surface area contributed by atoms with Gasteiger partial charge < -0.3 is 14.6 Å². The first-order valence-electron chi connectivity index (χ1n) is 8.40. The number of hydrogen-bond acceptors (Lipinski definition) is 4. The molecule has 1 aliphatic carbocycles. The summed E-state index contributed by atoms with van der Waals surface area (Å²) in [6.45, 7) is 9.48. The third-order valence-corrected chi connectivity index (χ3v) is 5.10. The molecule has 0 aromatic carbocycles. The molecule has 1 aliphatic heterocycles. The minimum absolute atomic E-state index is 0.110. The molecule has 118 valence electrons. The molecule has 1 N–H and O–H groups in total. The number of aromatic nitrogens is 1. The van der Waals surface area contributed by atoms with Crippen molar-refractivity contribution in [3.05, 3.63) is 12.0 Å². The summed E-state index contributed by atoms with van der Waals surface area (Å²) in [6, 6.07) is 0.813. The maximum atomic E-state index is 5.70. The number of nitrogens with zero attached hydrogens (tertiary/aromatic N) is 2. The first-order valence-corrected chi connectivity index (χ1v) is 8.40. The van der Waals surface area contributed by atoms with E-state index in [0.29, 0.717) is 5.41 Å². The Labute approximate surface area is 128 Å². The van der Waals surface area contributed by atoms with Crippen LogP contribution in [0.2, 0.25) is 0 Å². The largest absolute Gasteiger partial charge is 0.432 e. The third-order valence-electron chi connectivity index (χ3n) is 5.10. The van der Waals surface area contributed by atoms with E-state index >= 15 is 0 Å². The van der Waals surface area contributed by atoms with Gasteiger partial charge in [0.15, 0.2) is 0 Å². The highest BCUT2D eigenvalue weighted by Gasteiger charge is 2.37. The fraction of sp³-hybridized carbons (Fsp3) is 0.824. The predicted molar refractivity (Wildman–Crippen MR) is 85.4 cm³/mol. The summed E-state index contributed by atoms with van der Waals surface area (Å²) in [7, 11) is 0. The second kappa shape index (κ2) is 5.64. The fourth-order valence-corrected chi connectivity index (χ4v) is 3.68. The monoisotopic (exact) mass is 291 g/mol. The van der Waals surface area contributed by atoms with E-state index in [9.17, 15) is 0 Å². The van der Waals surface area contributed by atoms with Crippen molar-refractivity contribution in [2.45, 2.75) is 71.4 Å². The lowest BCUT2D eigenvalue weighted by atomic mass is 9.77. The molecule has 1 saturated heterocycles. The van der Waals surface area contributed by atoms with Gasteiger partial charge in [-0.15, -0.1) is 0 Å². The van der Waals surface area contributed by atoms with Crippen LogP contribution >= 0.6 is 0 Å². The molecule has 2 fully saturated rings. The van der Waals surface area contributed by atoms with E-state index in [2.05, 4.69) is 36.0 Å². The molecule has 0 atom stereocenters. The molecule has 4 nitrogen and oxygen atoms in total. The topological polar surface area (TPSA) is 41.3 Å². The number of hydrogen-bond donors (Lipinski definition) is 1. The second-order valence-corrected chi connectivity index (χ2v) is 7.92. The van der Waals surface area contributed by atoms with Gasteiger partial charge in [-0.25, -0.2) is 0 Å².